The van der Waals surface area contributed by atoms with Gasteiger partial charge < -0.3 is 10.4 Å². The van der Waals surface area contributed by atoms with Gasteiger partial charge in [0.15, 0.2) is 0 Å². The molecule has 2 N–H and O–H groups in total. The molecule has 0 aliphatic rings. The first-order valence-electron chi connectivity index (χ1n) is 5.31. The van der Waals surface area contributed by atoms with E-state index in [4.69, 9.17) is 5.11 Å². The minimum absolute atomic E-state index is 0.0704. The van der Waals surface area contributed by atoms with Gasteiger partial charge in [0.1, 0.15) is 0 Å². The lowest BCUT2D eigenvalue weighted by atomic mass is 10.1. The Morgan fingerprint density at radius 1 is 1.53 bits per heavy atom. The molecule has 0 amide bonds. The van der Waals surface area contributed by atoms with Crippen LogP contribution in [0.4, 0.5) is 5.69 Å². The van der Waals surface area contributed by atoms with E-state index in [2.05, 4.69) is 43.9 Å². The lowest BCUT2D eigenvalue weighted by molar-refractivity contribution is 0.291. The molecule has 1 aromatic carbocycles. The normalized spacial score (nSPS) is 12.2. The molecule has 0 bridgehead atoms. The van der Waals surface area contributed by atoms with E-state index < -0.39 is 0 Å². The van der Waals surface area contributed by atoms with Crippen molar-refractivity contribution in [3.8, 4) is 0 Å². The largest absolute Gasteiger partial charge is 0.394 e. The maximum atomic E-state index is 9.11. The lowest BCUT2D eigenvalue weighted by Crippen LogP contribution is -2.22. The number of aryl methyl sites for hydroxylation is 2. The Hall–Kier alpha value is -1.28. The summed E-state index contributed by atoms with van der Waals surface area (Å²) in [7, 11) is 0. The van der Waals surface area contributed by atoms with Crippen LogP contribution in [0, 0.1) is 6.92 Å². The van der Waals surface area contributed by atoms with Crippen molar-refractivity contribution in [2.75, 3.05) is 11.9 Å². The molecule has 1 atom stereocenters. The van der Waals surface area contributed by atoms with Crippen molar-refractivity contribution < 1.29 is 5.11 Å². The van der Waals surface area contributed by atoms with Crippen LogP contribution in [0.3, 0.4) is 0 Å². The molecule has 15 heavy (non-hydrogen) atoms. The van der Waals surface area contributed by atoms with Crippen LogP contribution in [0.1, 0.15) is 18.1 Å². The maximum Gasteiger partial charge on any atom is 0.0673 e. The van der Waals surface area contributed by atoms with Gasteiger partial charge in [0, 0.05) is 5.69 Å². The van der Waals surface area contributed by atoms with E-state index in [9.17, 15) is 0 Å². The molecule has 0 radical (unpaired) electrons. The van der Waals surface area contributed by atoms with Crippen molar-refractivity contribution >= 4 is 5.69 Å². The van der Waals surface area contributed by atoms with Crippen molar-refractivity contribution in [3.05, 3.63) is 42.0 Å². The first-order chi connectivity index (χ1) is 7.22. The van der Waals surface area contributed by atoms with Gasteiger partial charge in [-0.1, -0.05) is 31.2 Å². The number of aliphatic hydroxyl groups is 1. The molecular weight excluding hydrogens is 186 g/mol. The van der Waals surface area contributed by atoms with Crippen molar-refractivity contribution in [1.29, 1.82) is 0 Å². The van der Waals surface area contributed by atoms with Gasteiger partial charge in [-0.15, -0.1) is 6.58 Å². The Morgan fingerprint density at radius 2 is 2.27 bits per heavy atom. The van der Waals surface area contributed by atoms with Gasteiger partial charge >= 0.3 is 0 Å². The number of hydrogen-bond acceptors (Lipinski definition) is 2. The molecule has 0 heterocycles. The summed E-state index contributed by atoms with van der Waals surface area (Å²) in [5.74, 6) is 0. The highest BCUT2D eigenvalue weighted by Gasteiger charge is 2.07. The number of rotatable bonds is 5. The average Bonchev–Trinajstić information content (AvgIpc) is 2.27. The molecule has 0 saturated carbocycles. The fraction of sp³-hybridized carbons (Fsp3) is 0.385. The monoisotopic (exact) mass is 205 g/mol. The van der Waals surface area contributed by atoms with E-state index in [1.807, 2.05) is 0 Å². The second kappa shape index (κ2) is 5.56. The Balaban J connectivity index is 2.96. The van der Waals surface area contributed by atoms with Crippen LogP contribution in [0.15, 0.2) is 30.9 Å². The zero-order chi connectivity index (χ0) is 11.3. The number of aliphatic hydroxyl groups excluding tert-OH is 1. The molecule has 0 aromatic heterocycles. The summed E-state index contributed by atoms with van der Waals surface area (Å²) in [6.07, 6.45) is 2.71. The Kier molecular flexibility index (Phi) is 4.37. The summed E-state index contributed by atoms with van der Waals surface area (Å²) in [5.41, 5.74) is 3.60. The summed E-state index contributed by atoms with van der Waals surface area (Å²) in [5, 5.41) is 12.4. The van der Waals surface area contributed by atoms with Gasteiger partial charge in [0.05, 0.1) is 12.6 Å². The molecule has 0 aliphatic carbocycles. The van der Waals surface area contributed by atoms with Crippen molar-refractivity contribution in [2.45, 2.75) is 26.3 Å². The van der Waals surface area contributed by atoms with Gasteiger partial charge in [-0.25, -0.2) is 0 Å². The van der Waals surface area contributed by atoms with Crippen LogP contribution in [0.2, 0.25) is 0 Å². The number of nitrogens with one attached hydrogen (secondary N) is 1. The van der Waals surface area contributed by atoms with E-state index >= 15 is 0 Å². The molecule has 1 aromatic rings. The number of anilines is 1. The van der Waals surface area contributed by atoms with Crippen molar-refractivity contribution in [1.82, 2.24) is 0 Å². The summed E-state index contributed by atoms with van der Waals surface area (Å²) in [4.78, 5) is 0. The highest BCUT2D eigenvalue weighted by Crippen LogP contribution is 2.21. The predicted octanol–water partition coefficient (Wildman–Crippen LogP) is 2.52. The van der Waals surface area contributed by atoms with Gasteiger partial charge in [0.2, 0.25) is 0 Å². The Labute approximate surface area is 91.6 Å². The minimum atomic E-state index is -0.0728. The Bertz CT molecular complexity index is 333. The number of hydrogen-bond donors (Lipinski definition) is 2. The summed E-state index contributed by atoms with van der Waals surface area (Å²) in [6.45, 7) is 7.96. The standard InChI is InChI=1S/C13H19NO/c1-4-11-8-6-7-10(3)13(11)14-12(5-2)9-15/h5-8,12,14-15H,2,4,9H2,1,3H3. The number of para-hydroxylation sites is 1. The molecule has 2 nitrogen and oxygen atoms in total. The quantitative estimate of drug-likeness (QED) is 0.724. The second-order valence-electron chi connectivity index (χ2n) is 3.63. The summed E-state index contributed by atoms with van der Waals surface area (Å²) < 4.78 is 0. The third-order valence-corrected chi connectivity index (χ3v) is 2.55. The highest BCUT2D eigenvalue weighted by atomic mass is 16.3. The van der Waals surface area contributed by atoms with Crippen LogP contribution < -0.4 is 5.32 Å². The maximum absolute atomic E-state index is 9.11. The Morgan fingerprint density at radius 3 is 2.80 bits per heavy atom. The van der Waals surface area contributed by atoms with E-state index in [-0.39, 0.29) is 12.6 Å². The first kappa shape index (κ1) is 11.8. The lowest BCUT2D eigenvalue weighted by Gasteiger charge is -2.18. The molecular formula is C13H19NO. The molecule has 1 unspecified atom stereocenters. The minimum Gasteiger partial charge on any atom is -0.394 e. The van der Waals surface area contributed by atoms with E-state index in [1.54, 1.807) is 6.08 Å². The molecule has 0 fully saturated rings. The molecule has 0 aliphatic heterocycles. The zero-order valence-corrected chi connectivity index (χ0v) is 9.46. The fourth-order valence-corrected chi connectivity index (χ4v) is 1.59. The van der Waals surface area contributed by atoms with Crippen molar-refractivity contribution in [3.63, 3.8) is 0 Å². The topological polar surface area (TPSA) is 32.3 Å². The fourth-order valence-electron chi connectivity index (χ4n) is 1.59. The van der Waals surface area contributed by atoms with Gasteiger partial charge in [0.25, 0.3) is 0 Å². The zero-order valence-electron chi connectivity index (χ0n) is 9.46. The van der Waals surface area contributed by atoms with Crippen molar-refractivity contribution in [2.24, 2.45) is 0 Å². The third-order valence-electron chi connectivity index (χ3n) is 2.55. The predicted molar refractivity (Wildman–Crippen MR) is 65.3 cm³/mol. The van der Waals surface area contributed by atoms with E-state index in [1.165, 1.54) is 11.1 Å². The van der Waals surface area contributed by atoms with Gasteiger partial charge in [-0.2, -0.15) is 0 Å². The van der Waals surface area contributed by atoms with E-state index in [0.717, 1.165) is 12.1 Å². The second-order valence-corrected chi connectivity index (χ2v) is 3.63. The molecule has 2 heteroatoms. The van der Waals surface area contributed by atoms with Crippen LogP contribution in [0.5, 0.6) is 0 Å². The molecule has 82 valence electrons. The smallest absolute Gasteiger partial charge is 0.0673 e. The average molecular weight is 205 g/mol. The molecule has 1 rings (SSSR count). The summed E-state index contributed by atoms with van der Waals surface area (Å²) >= 11 is 0. The van der Waals surface area contributed by atoms with E-state index in [0.29, 0.717) is 0 Å². The van der Waals surface area contributed by atoms with Crippen LogP contribution in [-0.4, -0.2) is 17.8 Å². The summed E-state index contributed by atoms with van der Waals surface area (Å²) in [6, 6.07) is 6.16. The number of benzene rings is 1. The third kappa shape index (κ3) is 2.83. The first-order valence-corrected chi connectivity index (χ1v) is 5.31. The van der Waals surface area contributed by atoms with Crippen LogP contribution >= 0.6 is 0 Å². The van der Waals surface area contributed by atoms with Crippen LogP contribution in [0.25, 0.3) is 0 Å². The molecule has 0 saturated heterocycles. The van der Waals surface area contributed by atoms with Gasteiger partial charge in [-0.05, 0) is 24.5 Å². The van der Waals surface area contributed by atoms with Crippen LogP contribution in [-0.2, 0) is 6.42 Å². The van der Waals surface area contributed by atoms with Gasteiger partial charge in [-0.3, -0.25) is 0 Å². The SMILES string of the molecule is C=CC(CO)Nc1c(C)cccc1CC. The molecule has 0 spiro atoms. The highest BCUT2D eigenvalue weighted by molar-refractivity contribution is 5.58.